The molecule has 0 atom stereocenters. The molecule has 0 aromatic heterocycles. The van der Waals surface area contributed by atoms with E-state index in [1.165, 1.54) is 5.92 Å². The maximum Gasteiger partial charge on any atom is 0 e. The molecule has 0 aromatic carbocycles. The summed E-state index contributed by atoms with van der Waals surface area (Å²) in [4.78, 5) is 0. The Morgan fingerprint density at radius 3 is 1.36 bits per heavy atom. The number of hydrogen-bond acceptors (Lipinski definition) is 0. The van der Waals surface area contributed by atoms with Gasteiger partial charge in [-0.1, -0.05) is 6.92 Å². The Bertz CT molecular complexity index is 120. The van der Waals surface area contributed by atoms with Crippen LogP contribution >= 0.6 is 0 Å². The van der Waals surface area contributed by atoms with Crippen LogP contribution in [0, 0.1) is 51.6 Å². The molecule has 0 unspecified atom stereocenters. The molecule has 1 rings (SSSR count). The van der Waals surface area contributed by atoms with E-state index < -0.39 is 0 Å². The van der Waals surface area contributed by atoms with E-state index >= 15 is 0 Å². The maximum absolute atomic E-state index is 7.50. The van der Waals surface area contributed by atoms with Gasteiger partial charge in [-0.3, -0.25) is 0 Å². The minimum atomic E-state index is 0. The SMILES string of the molecule is CC[C]1[CH][CH][CH][CH]1.[C-]#[O+].[C-]#[O+].[C-]#[O+].[Mn]. The minimum Gasteiger partial charge on any atom is 0 e. The van der Waals surface area contributed by atoms with E-state index in [1.54, 1.807) is 0 Å². The monoisotopic (exact) mass is 232 g/mol. The molecule has 1 fully saturated rings. The van der Waals surface area contributed by atoms with Crippen molar-refractivity contribution in [2.45, 2.75) is 13.3 Å². The third-order valence-electron chi connectivity index (χ3n) is 1.14. The van der Waals surface area contributed by atoms with Gasteiger partial charge in [0.2, 0.25) is 0 Å². The topological polar surface area (TPSA) is 59.7 Å². The van der Waals surface area contributed by atoms with Crippen molar-refractivity contribution < 1.29 is 31.0 Å². The summed E-state index contributed by atoms with van der Waals surface area (Å²) < 4.78 is 22.5. The summed E-state index contributed by atoms with van der Waals surface area (Å²) in [5.74, 6) is 1.43. The van der Waals surface area contributed by atoms with E-state index in [0.717, 1.165) is 6.42 Å². The molecule has 0 spiro atoms. The standard InChI is InChI=1S/C7H9.3CO.Mn/c1-2-7-5-3-4-6-7;3*1-2;/h3-6H,2H2,1H3;;;;. The fourth-order valence-electron chi connectivity index (χ4n) is 0.650. The molecule has 3 nitrogen and oxygen atoms in total. The summed E-state index contributed by atoms with van der Waals surface area (Å²) in [5.41, 5.74) is 0. The van der Waals surface area contributed by atoms with Crippen molar-refractivity contribution in [1.82, 2.24) is 0 Å². The van der Waals surface area contributed by atoms with Gasteiger partial charge in [0.15, 0.2) is 0 Å². The fourth-order valence-corrected chi connectivity index (χ4v) is 0.650. The van der Waals surface area contributed by atoms with Crippen LogP contribution in [0.5, 0.6) is 0 Å². The van der Waals surface area contributed by atoms with Gasteiger partial charge in [0.25, 0.3) is 0 Å². The molecule has 0 aromatic rings. The Kier molecular flexibility index (Phi) is 49.2. The third-order valence-corrected chi connectivity index (χ3v) is 1.14. The first-order valence-electron chi connectivity index (χ1n) is 3.25. The first-order chi connectivity index (χ1) is 6.43. The molecule has 0 saturated heterocycles. The zero-order valence-electron chi connectivity index (χ0n) is 7.62. The van der Waals surface area contributed by atoms with Crippen LogP contribution in [0.4, 0.5) is 0 Å². The molecule has 14 heavy (non-hydrogen) atoms. The van der Waals surface area contributed by atoms with E-state index in [4.69, 9.17) is 14.0 Å². The third kappa shape index (κ3) is 17.7. The van der Waals surface area contributed by atoms with Crippen molar-refractivity contribution in [2.75, 3.05) is 0 Å². The molecule has 0 aliphatic heterocycles. The first kappa shape index (κ1) is 23.5. The normalized spacial score (nSPS) is 12.2. The second-order valence-electron chi connectivity index (χ2n) is 1.65. The molecule has 74 valence electrons. The minimum absolute atomic E-state index is 0. The Balaban J connectivity index is -0.0000000625. The van der Waals surface area contributed by atoms with Gasteiger partial charge in [0.1, 0.15) is 0 Å². The second kappa shape index (κ2) is 29.3. The largest absolute Gasteiger partial charge is 0 e. The van der Waals surface area contributed by atoms with E-state index in [1.807, 2.05) is 0 Å². The molecule has 0 amide bonds. The van der Waals surface area contributed by atoms with Gasteiger partial charge in [-0.15, -0.1) is 0 Å². The van der Waals surface area contributed by atoms with Crippen molar-refractivity contribution in [3.63, 3.8) is 0 Å². The number of rotatable bonds is 1. The van der Waals surface area contributed by atoms with Crippen molar-refractivity contribution in [1.29, 1.82) is 0 Å². The summed E-state index contributed by atoms with van der Waals surface area (Å²) in [6.07, 6.45) is 9.57. The Morgan fingerprint density at radius 2 is 1.21 bits per heavy atom. The second-order valence-corrected chi connectivity index (χ2v) is 1.65. The van der Waals surface area contributed by atoms with E-state index in [9.17, 15) is 0 Å². The van der Waals surface area contributed by atoms with Crippen LogP contribution in [0.3, 0.4) is 0 Å². The molecule has 0 heterocycles. The Morgan fingerprint density at radius 1 is 0.929 bits per heavy atom. The van der Waals surface area contributed by atoms with Gasteiger partial charge in [0.05, 0.1) is 0 Å². The molecule has 0 N–H and O–H groups in total. The summed E-state index contributed by atoms with van der Waals surface area (Å²) in [7, 11) is 0. The van der Waals surface area contributed by atoms with Crippen LogP contribution in [0.1, 0.15) is 13.3 Å². The van der Waals surface area contributed by atoms with Gasteiger partial charge in [-0.05, 0) is 38.0 Å². The van der Waals surface area contributed by atoms with Gasteiger partial charge >= 0.3 is 33.9 Å². The fraction of sp³-hybridized carbons (Fsp3) is 0.200. The summed E-state index contributed by atoms with van der Waals surface area (Å²) in [5, 5.41) is 0. The molecule has 4 heteroatoms. The zero-order valence-corrected chi connectivity index (χ0v) is 8.80. The van der Waals surface area contributed by atoms with Crippen LogP contribution in [0.2, 0.25) is 0 Å². The van der Waals surface area contributed by atoms with Crippen molar-refractivity contribution in [2.24, 2.45) is 0 Å². The summed E-state index contributed by atoms with van der Waals surface area (Å²) in [6, 6.07) is 0. The molecule has 0 bridgehead atoms. The molecule has 1 saturated carbocycles. The average molecular weight is 232 g/mol. The van der Waals surface area contributed by atoms with Crippen LogP contribution in [-0.2, 0) is 31.0 Å². The molecule has 1 aliphatic carbocycles. The van der Waals surface area contributed by atoms with Gasteiger partial charge in [0, 0.05) is 17.1 Å². The van der Waals surface area contributed by atoms with E-state index in [2.05, 4.69) is 52.6 Å². The Hall–Kier alpha value is -0.261. The molecule has 1 aliphatic rings. The van der Waals surface area contributed by atoms with Gasteiger partial charge in [-0.2, -0.15) is 0 Å². The van der Waals surface area contributed by atoms with Gasteiger partial charge < -0.3 is 0 Å². The molecular formula is C10H9MnO3. The summed E-state index contributed by atoms with van der Waals surface area (Å²) in [6.45, 7) is 15.7. The van der Waals surface area contributed by atoms with E-state index in [-0.39, 0.29) is 17.1 Å². The van der Waals surface area contributed by atoms with Crippen molar-refractivity contribution >= 4 is 0 Å². The van der Waals surface area contributed by atoms with Gasteiger partial charge in [-0.25, -0.2) is 0 Å². The smallest absolute Gasteiger partial charge is 0 e. The molecular weight excluding hydrogens is 223 g/mol. The zero-order chi connectivity index (χ0) is 11.1. The van der Waals surface area contributed by atoms with Crippen LogP contribution in [-0.4, -0.2) is 0 Å². The van der Waals surface area contributed by atoms with Crippen molar-refractivity contribution in [3.8, 4) is 0 Å². The first-order valence-corrected chi connectivity index (χ1v) is 3.25. The Labute approximate surface area is 96.3 Å². The quantitative estimate of drug-likeness (QED) is 0.375. The van der Waals surface area contributed by atoms with Crippen molar-refractivity contribution in [3.05, 3.63) is 51.6 Å². The predicted molar refractivity (Wildman–Crippen MR) is 42.5 cm³/mol. The van der Waals surface area contributed by atoms with Crippen LogP contribution in [0.15, 0.2) is 0 Å². The molecule has 6 radical (unpaired) electrons. The predicted octanol–water partition coefficient (Wildman–Crippen LogP) is 1.69. The maximum atomic E-state index is 7.50. The number of hydrogen-bond donors (Lipinski definition) is 0. The van der Waals surface area contributed by atoms with E-state index in [0.29, 0.717) is 0 Å². The van der Waals surface area contributed by atoms with Crippen LogP contribution in [0.25, 0.3) is 0 Å². The summed E-state index contributed by atoms with van der Waals surface area (Å²) >= 11 is 0. The average Bonchev–Trinajstić information content (AvgIpc) is 2.79. The van der Waals surface area contributed by atoms with Crippen LogP contribution < -0.4 is 0 Å².